The summed E-state index contributed by atoms with van der Waals surface area (Å²) in [6, 6.07) is 17.6. The van der Waals surface area contributed by atoms with E-state index in [2.05, 4.69) is 67.2 Å². The average Bonchev–Trinajstić information content (AvgIpc) is 2.43. The van der Waals surface area contributed by atoms with E-state index in [0.717, 1.165) is 13.0 Å². The van der Waals surface area contributed by atoms with Gasteiger partial charge in [-0.2, -0.15) is 0 Å². The molecule has 0 saturated carbocycles. The minimum Gasteiger partial charge on any atom is -0.342 e. The molecule has 1 heterocycles. The molecule has 0 unspecified atom stereocenters. The standard InChI is InChI=1S/C16H18BN/c1-3-12-18-15-10-6-4-8-13(15)17(2)14-9-5-7-11-16(14)18/h4-11H,3,12H2,1-2H3. The van der Waals surface area contributed by atoms with E-state index in [9.17, 15) is 0 Å². The largest absolute Gasteiger partial charge is 0.342 e. The highest BCUT2D eigenvalue weighted by molar-refractivity contribution is 6.87. The van der Waals surface area contributed by atoms with Gasteiger partial charge in [-0.1, -0.05) is 61.1 Å². The molecule has 90 valence electrons. The van der Waals surface area contributed by atoms with Gasteiger partial charge in [-0.3, -0.25) is 0 Å². The molecule has 2 heteroatoms. The Morgan fingerprint density at radius 1 is 0.889 bits per heavy atom. The third kappa shape index (κ3) is 1.64. The second-order valence-corrected chi connectivity index (χ2v) is 4.99. The van der Waals surface area contributed by atoms with Gasteiger partial charge >= 0.3 is 0 Å². The van der Waals surface area contributed by atoms with Gasteiger partial charge < -0.3 is 4.90 Å². The van der Waals surface area contributed by atoms with E-state index < -0.39 is 0 Å². The van der Waals surface area contributed by atoms with Crippen LogP contribution in [0.2, 0.25) is 6.82 Å². The smallest absolute Gasteiger partial charge is 0.211 e. The first kappa shape index (κ1) is 11.4. The first-order chi connectivity index (χ1) is 8.83. The van der Waals surface area contributed by atoms with Crippen molar-refractivity contribution in [3.05, 3.63) is 48.5 Å². The molecule has 1 nitrogen and oxygen atoms in total. The summed E-state index contributed by atoms with van der Waals surface area (Å²) in [5.41, 5.74) is 5.66. The van der Waals surface area contributed by atoms with Gasteiger partial charge in [-0.15, -0.1) is 0 Å². The normalized spacial score (nSPS) is 13.2. The molecule has 1 aliphatic heterocycles. The molecule has 0 aliphatic carbocycles. The molecule has 2 aromatic carbocycles. The number of anilines is 2. The van der Waals surface area contributed by atoms with Crippen LogP contribution in [0.5, 0.6) is 0 Å². The predicted octanol–water partition coefficient (Wildman–Crippen LogP) is 2.79. The lowest BCUT2D eigenvalue weighted by molar-refractivity contribution is 0.888. The third-order valence-electron chi connectivity index (χ3n) is 3.84. The van der Waals surface area contributed by atoms with Crippen molar-refractivity contribution in [2.24, 2.45) is 0 Å². The van der Waals surface area contributed by atoms with Crippen LogP contribution in [0.15, 0.2) is 48.5 Å². The molecule has 0 bridgehead atoms. The van der Waals surface area contributed by atoms with Crippen LogP contribution >= 0.6 is 0 Å². The monoisotopic (exact) mass is 235 g/mol. The lowest BCUT2D eigenvalue weighted by atomic mass is 9.40. The number of rotatable bonds is 2. The predicted molar refractivity (Wildman–Crippen MR) is 81.1 cm³/mol. The van der Waals surface area contributed by atoms with Gasteiger partial charge in [-0.25, -0.2) is 0 Å². The Morgan fingerprint density at radius 2 is 1.39 bits per heavy atom. The average molecular weight is 235 g/mol. The Morgan fingerprint density at radius 3 is 1.89 bits per heavy atom. The van der Waals surface area contributed by atoms with Crippen molar-refractivity contribution in [1.29, 1.82) is 0 Å². The summed E-state index contributed by atoms with van der Waals surface area (Å²) in [7, 11) is 0. The van der Waals surface area contributed by atoms with Gasteiger partial charge in [0.1, 0.15) is 0 Å². The van der Waals surface area contributed by atoms with E-state index in [1.165, 1.54) is 22.3 Å². The van der Waals surface area contributed by atoms with E-state index >= 15 is 0 Å². The van der Waals surface area contributed by atoms with Crippen molar-refractivity contribution in [2.45, 2.75) is 20.2 Å². The maximum Gasteiger partial charge on any atom is 0.211 e. The first-order valence-corrected chi connectivity index (χ1v) is 6.78. The van der Waals surface area contributed by atoms with Crippen molar-refractivity contribution in [3.63, 3.8) is 0 Å². The quantitative estimate of drug-likeness (QED) is 0.723. The SMILES string of the molecule is CCCN1c2ccccc2B(C)c2ccccc21. The summed E-state index contributed by atoms with van der Waals surface area (Å²) in [5.74, 6) is 0. The molecule has 0 fully saturated rings. The molecule has 0 N–H and O–H groups in total. The van der Waals surface area contributed by atoms with Crippen LogP contribution in [-0.2, 0) is 0 Å². The van der Waals surface area contributed by atoms with Gasteiger partial charge in [-0.05, 0) is 18.6 Å². The number of hydrogen-bond acceptors (Lipinski definition) is 1. The van der Waals surface area contributed by atoms with Crippen LogP contribution < -0.4 is 15.8 Å². The molecule has 2 aromatic rings. The third-order valence-corrected chi connectivity index (χ3v) is 3.84. The van der Waals surface area contributed by atoms with Gasteiger partial charge in [0, 0.05) is 17.9 Å². The van der Waals surface area contributed by atoms with Crippen molar-refractivity contribution in [3.8, 4) is 0 Å². The molecule has 0 saturated heterocycles. The zero-order valence-corrected chi connectivity index (χ0v) is 11.1. The molecule has 0 amide bonds. The van der Waals surface area contributed by atoms with E-state index in [0.29, 0.717) is 6.71 Å². The Kier molecular flexibility index (Phi) is 2.87. The zero-order valence-electron chi connectivity index (χ0n) is 11.1. The van der Waals surface area contributed by atoms with Crippen molar-refractivity contribution in [2.75, 3.05) is 11.4 Å². The summed E-state index contributed by atoms with van der Waals surface area (Å²) < 4.78 is 0. The van der Waals surface area contributed by atoms with Crippen LogP contribution in [-0.4, -0.2) is 13.3 Å². The highest BCUT2D eigenvalue weighted by atomic mass is 15.1. The summed E-state index contributed by atoms with van der Waals surface area (Å²) in [5, 5.41) is 0. The fourth-order valence-electron chi connectivity index (χ4n) is 2.96. The molecule has 1 aliphatic rings. The minimum absolute atomic E-state index is 0.491. The fourth-order valence-corrected chi connectivity index (χ4v) is 2.96. The van der Waals surface area contributed by atoms with Crippen LogP contribution in [0.25, 0.3) is 0 Å². The Labute approximate surface area is 110 Å². The number of nitrogens with zero attached hydrogens (tertiary/aromatic N) is 1. The molecule has 0 aromatic heterocycles. The number of para-hydroxylation sites is 2. The van der Waals surface area contributed by atoms with Crippen LogP contribution in [0.1, 0.15) is 13.3 Å². The summed E-state index contributed by atoms with van der Waals surface area (Å²) in [6.45, 7) is 6.12. The van der Waals surface area contributed by atoms with Crippen LogP contribution in [0.3, 0.4) is 0 Å². The van der Waals surface area contributed by atoms with Gasteiger partial charge in [0.15, 0.2) is 0 Å². The Hall–Kier alpha value is -1.70. The van der Waals surface area contributed by atoms with E-state index in [1.54, 1.807) is 0 Å². The summed E-state index contributed by atoms with van der Waals surface area (Å²) in [4.78, 5) is 2.46. The number of fused-ring (bicyclic) bond motifs is 2. The first-order valence-electron chi connectivity index (χ1n) is 6.78. The maximum atomic E-state index is 2.46. The second-order valence-electron chi connectivity index (χ2n) is 4.99. The molecule has 18 heavy (non-hydrogen) atoms. The second kappa shape index (κ2) is 4.53. The van der Waals surface area contributed by atoms with Crippen LogP contribution in [0.4, 0.5) is 11.4 Å². The van der Waals surface area contributed by atoms with Gasteiger partial charge in [0.2, 0.25) is 6.71 Å². The molecule has 0 atom stereocenters. The van der Waals surface area contributed by atoms with Gasteiger partial charge in [0.25, 0.3) is 0 Å². The van der Waals surface area contributed by atoms with E-state index in [-0.39, 0.29) is 0 Å². The van der Waals surface area contributed by atoms with Crippen LogP contribution in [0, 0.1) is 0 Å². The van der Waals surface area contributed by atoms with Crippen molar-refractivity contribution >= 4 is 29.0 Å². The summed E-state index contributed by atoms with van der Waals surface area (Å²) >= 11 is 0. The Balaban J connectivity index is 2.20. The topological polar surface area (TPSA) is 3.24 Å². The van der Waals surface area contributed by atoms with Crippen molar-refractivity contribution < 1.29 is 0 Å². The molecule has 0 spiro atoms. The minimum atomic E-state index is 0.491. The summed E-state index contributed by atoms with van der Waals surface area (Å²) in [6.07, 6.45) is 1.16. The fraction of sp³-hybridized carbons (Fsp3) is 0.250. The highest BCUT2D eigenvalue weighted by Gasteiger charge is 2.28. The molecule has 0 radical (unpaired) electrons. The zero-order chi connectivity index (χ0) is 12.5. The van der Waals surface area contributed by atoms with E-state index in [4.69, 9.17) is 0 Å². The maximum absolute atomic E-state index is 2.46. The number of hydrogen-bond donors (Lipinski definition) is 0. The van der Waals surface area contributed by atoms with E-state index in [1.807, 2.05) is 0 Å². The number of benzene rings is 2. The lowest BCUT2D eigenvalue weighted by Crippen LogP contribution is -2.49. The van der Waals surface area contributed by atoms with Gasteiger partial charge in [0.05, 0.1) is 0 Å². The van der Waals surface area contributed by atoms with Crippen molar-refractivity contribution in [1.82, 2.24) is 0 Å². The Bertz CT molecular complexity index is 517. The molecular weight excluding hydrogens is 217 g/mol. The highest BCUT2D eigenvalue weighted by Crippen LogP contribution is 2.27. The molecule has 3 rings (SSSR count). The molecular formula is C16H18BN. The lowest BCUT2D eigenvalue weighted by Gasteiger charge is -2.35.